The number of carbonyl (C=O) groups excluding carboxylic acids is 3. The molecule has 11 nitrogen and oxygen atoms in total. The van der Waals surface area contributed by atoms with E-state index < -0.39 is 11.8 Å². The van der Waals surface area contributed by atoms with Crippen LogP contribution >= 0.6 is 0 Å². The van der Waals surface area contributed by atoms with Crippen LogP contribution in [0.4, 0.5) is 15.3 Å². The molecule has 42 heavy (non-hydrogen) atoms. The molecule has 3 aromatic rings. The van der Waals surface area contributed by atoms with Crippen molar-refractivity contribution in [3.8, 4) is 0 Å². The lowest BCUT2D eigenvalue weighted by Gasteiger charge is -2.45. The van der Waals surface area contributed by atoms with E-state index in [1.165, 1.54) is 4.90 Å². The van der Waals surface area contributed by atoms with Gasteiger partial charge >= 0.3 is 18.1 Å². The van der Waals surface area contributed by atoms with Crippen molar-refractivity contribution in [2.45, 2.75) is 51.5 Å². The van der Waals surface area contributed by atoms with E-state index in [9.17, 15) is 14.4 Å². The first-order chi connectivity index (χ1) is 20.3. The van der Waals surface area contributed by atoms with Gasteiger partial charge in [-0.05, 0) is 43.2 Å². The minimum absolute atomic E-state index is 0.0386. The van der Waals surface area contributed by atoms with Gasteiger partial charge in [-0.25, -0.2) is 9.59 Å². The molecule has 0 radical (unpaired) electrons. The highest BCUT2D eigenvalue weighted by molar-refractivity contribution is 5.96. The van der Waals surface area contributed by atoms with Crippen molar-refractivity contribution in [2.24, 2.45) is 5.73 Å². The number of benzene rings is 2. The molecule has 0 unspecified atom stereocenters. The molecule has 1 spiro atoms. The number of aryl methyl sites for hydroxylation is 1. The van der Waals surface area contributed by atoms with Crippen molar-refractivity contribution in [3.05, 3.63) is 65.9 Å². The minimum Gasteiger partial charge on any atom is -0.466 e. The van der Waals surface area contributed by atoms with E-state index in [0.29, 0.717) is 44.8 Å². The number of likely N-dealkylation sites (tertiary alicyclic amines) is 1. The molecular formula is C31H38N4O7. The lowest BCUT2D eigenvalue weighted by atomic mass is 10.0. The maximum absolute atomic E-state index is 12.6. The number of primary amides is 1. The summed E-state index contributed by atoms with van der Waals surface area (Å²) in [6.07, 6.45) is 2.86. The third-order valence-corrected chi connectivity index (χ3v) is 7.90. The predicted molar refractivity (Wildman–Crippen MR) is 156 cm³/mol. The normalized spacial score (nSPS) is 16.9. The number of urea groups is 1. The Labute approximate surface area is 245 Å². The Morgan fingerprint density at radius 3 is 2.43 bits per heavy atom. The SMILES string of the molecule is CCOC(=O)CCN(C(N)=O)c1cc2ccn(C3COC4(CCN(C(=O)OCc5ccccc5)CC4)OC3)c2cc1C. The molecule has 0 aliphatic carbocycles. The molecule has 1 aromatic heterocycles. The van der Waals surface area contributed by atoms with Crippen molar-refractivity contribution in [1.29, 1.82) is 0 Å². The summed E-state index contributed by atoms with van der Waals surface area (Å²) < 4.78 is 25.2. The molecule has 11 heteroatoms. The molecule has 0 bridgehead atoms. The highest BCUT2D eigenvalue weighted by atomic mass is 16.7. The van der Waals surface area contributed by atoms with E-state index in [0.717, 1.165) is 22.0 Å². The smallest absolute Gasteiger partial charge is 0.410 e. The van der Waals surface area contributed by atoms with Gasteiger partial charge in [0.15, 0.2) is 5.79 Å². The van der Waals surface area contributed by atoms with Crippen molar-refractivity contribution < 1.29 is 33.3 Å². The summed E-state index contributed by atoms with van der Waals surface area (Å²) in [6, 6.07) is 14.9. The van der Waals surface area contributed by atoms with Gasteiger partial charge in [-0.1, -0.05) is 30.3 Å². The van der Waals surface area contributed by atoms with E-state index in [2.05, 4.69) is 4.57 Å². The van der Waals surface area contributed by atoms with Gasteiger partial charge in [-0.2, -0.15) is 0 Å². The fraction of sp³-hybridized carbons (Fsp3) is 0.452. The van der Waals surface area contributed by atoms with E-state index in [1.54, 1.807) is 11.8 Å². The number of rotatable bonds is 8. The van der Waals surface area contributed by atoms with Gasteiger partial charge in [0.1, 0.15) is 6.61 Å². The van der Waals surface area contributed by atoms with Crippen LogP contribution < -0.4 is 10.6 Å². The molecule has 3 heterocycles. The van der Waals surface area contributed by atoms with Crippen LogP contribution in [-0.4, -0.2) is 72.8 Å². The van der Waals surface area contributed by atoms with Gasteiger partial charge < -0.3 is 34.1 Å². The second-order valence-corrected chi connectivity index (χ2v) is 10.7. The van der Waals surface area contributed by atoms with Crippen LogP contribution in [0.5, 0.6) is 0 Å². The number of hydrogen-bond donors (Lipinski definition) is 1. The number of ether oxygens (including phenoxy) is 4. The topological polar surface area (TPSA) is 126 Å². The first-order valence-electron chi connectivity index (χ1n) is 14.4. The predicted octanol–water partition coefficient (Wildman–Crippen LogP) is 4.50. The van der Waals surface area contributed by atoms with Crippen LogP contribution in [0.1, 0.15) is 43.4 Å². The Bertz CT molecular complexity index is 1410. The van der Waals surface area contributed by atoms with Crippen molar-refractivity contribution in [1.82, 2.24) is 9.47 Å². The summed E-state index contributed by atoms with van der Waals surface area (Å²) in [5.41, 5.74) is 9.10. The van der Waals surface area contributed by atoms with Crippen molar-refractivity contribution >= 4 is 34.7 Å². The van der Waals surface area contributed by atoms with Gasteiger partial charge in [0, 0.05) is 55.3 Å². The number of aromatic nitrogens is 1. The van der Waals surface area contributed by atoms with Crippen LogP contribution in [-0.2, 0) is 30.3 Å². The molecular weight excluding hydrogens is 540 g/mol. The van der Waals surface area contributed by atoms with Crippen LogP contribution in [0.15, 0.2) is 54.7 Å². The zero-order valence-electron chi connectivity index (χ0n) is 24.1. The van der Waals surface area contributed by atoms with E-state index in [-0.39, 0.29) is 44.3 Å². The standard InChI is InChI=1S/C31H38N4O7/c1-3-39-28(36)10-14-35(29(32)37)26-18-24-9-13-34(27(24)17-22(26)2)25-20-41-31(42-21-25)11-15-33(16-12-31)30(38)40-19-23-7-5-4-6-8-23/h4-9,13,17-18,25H,3,10-12,14-16,19-21H2,1-2H3,(H2,32,37). The molecule has 0 atom stereocenters. The molecule has 3 amide bonds. The molecule has 0 saturated carbocycles. The summed E-state index contributed by atoms with van der Waals surface area (Å²) in [5, 5.41) is 0.931. The second-order valence-electron chi connectivity index (χ2n) is 10.7. The molecule has 2 saturated heterocycles. The third kappa shape index (κ3) is 6.52. The van der Waals surface area contributed by atoms with Gasteiger partial charge in [0.25, 0.3) is 0 Å². The number of anilines is 1. The van der Waals surface area contributed by atoms with Gasteiger partial charge in [-0.3, -0.25) is 9.69 Å². The minimum atomic E-state index is -0.709. The molecule has 5 rings (SSSR count). The second kappa shape index (κ2) is 12.8. The summed E-state index contributed by atoms with van der Waals surface area (Å²) in [7, 11) is 0. The first-order valence-corrected chi connectivity index (χ1v) is 14.4. The largest absolute Gasteiger partial charge is 0.466 e. The van der Waals surface area contributed by atoms with Crippen LogP contribution in [0.2, 0.25) is 0 Å². The van der Waals surface area contributed by atoms with Crippen LogP contribution in [0, 0.1) is 6.92 Å². The van der Waals surface area contributed by atoms with Gasteiger partial charge in [0.2, 0.25) is 0 Å². The zero-order chi connectivity index (χ0) is 29.7. The molecule has 224 valence electrons. The number of esters is 1. The number of carbonyl (C=O) groups is 3. The molecule has 2 aliphatic heterocycles. The summed E-state index contributed by atoms with van der Waals surface area (Å²) in [6.45, 7) is 6.25. The average molecular weight is 579 g/mol. The number of nitrogens with zero attached hydrogens (tertiary/aromatic N) is 3. The molecule has 2 fully saturated rings. The number of nitrogens with two attached hydrogens (primary N) is 1. The monoisotopic (exact) mass is 578 g/mol. The Morgan fingerprint density at radius 2 is 1.76 bits per heavy atom. The summed E-state index contributed by atoms with van der Waals surface area (Å²) >= 11 is 0. The fourth-order valence-electron chi connectivity index (χ4n) is 5.57. The lowest BCUT2D eigenvalue weighted by Crippen LogP contribution is -2.53. The van der Waals surface area contributed by atoms with Gasteiger partial charge in [0.05, 0.1) is 32.3 Å². The number of fused-ring (bicyclic) bond motifs is 1. The lowest BCUT2D eigenvalue weighted by molar-refractivity contribution is -0.293. The van der Waals surface area contributed by atoms with E-state index in [4.69, 9.17) is 24.7 Å². The van der Waals surface area contributed by atoms with Gasteiger partial charge in [-0.15, -0.1) is 0 Å². The average Bonchev–Trinajstić information content (AvgIpc) is 3.40. The van der Waals surface area contributed by atoms with Crippen molar-refractivity contribution in [2.75, 3.05) is 44.4 Å². The number of hydrogen-bond acceptors (Lipinski definition) is 7. The third-order valence-electron chi connectivity index (χ3n) is 7.90. The zero-order valence-corrected chi connectivity index (χ0v) is 24.1. The Hall–Kier alpha value is -4.09. The maximum Gasteiger partial charge on any atom is 0.410 e. The molecule has 2 aliphatic rings. The van der Waals surface area contributed by atoms with E-state index >= 15 is 0 Å². The quantitative estimate of drug-likeness (QED) is 0.390. The Morgan fingerprint density at radius 1 is 1.05 bits per heavy atom. The van der Waals surface area contributed by atoms with Crippen molar-refractivity contribution in [3.63, 3.8) is 0 Å². The maximum atomic E-state index is 12.6. The van der Waals surface area contributed by atoms with Crippen LogP contribution in [0.25, 0.3) is 10.9 Å². The Balaban J connectivity index is 1.18. The highest BCUT2D eigenvalue weighted by Gasteiger charge is 2.42. The van der Waals surface area contributed by atoms with Crippen LogP contribution in [0.3, 0.4) is 0 Å². The van der Waals surface area contributed by atoms with E-state index in [1.807, 2.05) is 61.7 Å². The number of amides is 3. The number of piperidine rings is 1. The molecule has 2 aromatic carbocycles. The molecule has 2 N–H and O–H groups in total. The highest BCUT2D eigenvalue weighted by Crippen LogP contribution is 2.36. The fourth-order valence-corrected chi connectivity index (χ4v) is 5.57. The first kappa shape index (κ1) is 29.4. The summed E-state index contributed by atoms with van der Waals surface area (Å²) in [4.78, 5) is 39.8. The summed E-state index contributed by atoms with van der Waals surface area (Å²) in [5.74, 6) is -1.09. The Kier molecular flexibility index (Phi) is 8.98.